The molecular formula is C36H50Si. The predicted molar refractivity (Wildman–Crippen MR) is 160 cm³/mol. The zero-order valence-corrected chi connectivity index (χ0v) is 25.2. The van der Waals surface area contributed by atoms with Crippen LogP contribution in [-0.2, 0) is 25.7 Å². The second-order valence-corrected chi connectivity index (χ2v) is 19.8. The van der Waals surface area contributed by atoms with Gasteiger partial charge in [-0.05, 0) is 137 Å². The highest BCUT2D eigenvalue weighted by atomic mass is 28.3. The molecular weight excluding hydrogens is 460 g/mol. The van der Waals surface area contributed by atoms with Gasteiger partial charge < -0.3 is 0 Å². The molecule has 2 aromatic rings. The maximum atomic E-state index is 2.86. The topological polar surface area (TPSA) is 0 Å². The van der Waals surface area contributed by atoms with E-state index in [4.69, 9.17) is 0 Å². The van der Waals surface area contributed by atoms with Crippen LogP contribution in [0.1, 0.15) is 104 Å². The molecule has 9 unspecified atom stereocenters. The van der Waals surface area contributed by atoms with Crippen LogP contribution in [0.4, 0.5) is 0 Å². The molecule has 7 rings (SSSR count). The van der Waals surface area contributed by atoms with Crippen molar-refractivity contribution in [2.45, 2.75) is 115 Å². The Labute approximate surface area is 228 Å². The van der Waals surface area contributed by atoms with Crippen LogP contribution in [0.2, 0.25) is 18.6 Å². The Bertz CT molecular complexity index is 1160. The first-order chi connectivity index (χ1) is 17.9. The summed E-state index contributed by atoms with van der Waals surface area (Å²) in [6, 6.07) is 14.6. The smallest absolute Gasteiger partial charge is 0.0591 e. The maximum Gasteiger partial charge on any atom is 0.0591 e. The lowest BCUT2D eigenvalue weighted by Crippen LogP contribution is -2.47. The summed E-state index contributed by atoms with van der Waals surface area (Å²) < 4.78 is 0. The zero-order valence-electron chi connectivity index (χ0n) is 24.2. The Hall–Kier alpha value is -1.34. The molecule has 0 N–H and O–H groups in total. The highest BCUT2D eigenvalue weighted by molar-refractivity contribution is 6.80. The van der Waals surface area contributed by atoms with E-state index in [1.54, 1.807) is 28.7 Å². The van der Waals surface area contributed by atoms with E-state index in [9.17, 15) is 0 Å². The van der Waals surface area contributed by atoms with Crippen molar-refractivity contribution in [1.29, 1.82) is 0 Å². The molecule has 5 aliphatic rings. The first-order valence-corrected chi connectivity index (χ1v) is 19.3. The van der Waals surface area contributed by atoms with Gasteiger partial charge in [0.05, 0.1) is 8.07 Å². The molecule has 0 aromatic heterocycles. The third kappa shape index (κ3) is 3.65. The van der Waals surface area contributed by atoms with Gasteiger partial charge in [0.2, 0.25) is 0 Å². The molecule has 37 heavy (non-hydrogen) atoms. The molecule has 0 heterocycles. The third-order valence-electron chi connectivity index (χ3n) is 12.8. The molecule has 0 saturated heterocycles. The highest BCUT2D eigenvalue weighted by Gasteiger charge is 2.59. The van der Waals surface area contributed by atoms with Gasteiger partial charge in [0.15, 0.2) is 0 Å². The first kappa shape index (κ1) is 24.7. The fourth-order valence-corrected chi connectivity index (χ4v) is 18.2. The van der Waals surface area contributed by atoms with Crippen LogP contribution >= 0.6 is 0 Å². The molecule has 0 aliphatic heterocycles. The van der Waals surface area contributed by atoms with Crippen LogP contribution in [0, 0.1) is 35.5 Å². The standard InChI is InChI=1S/C36H50Si/c1-6-27-28-16-10-14-25(28)20-32-30(27)18-22(2)35(32)37(4,5)36-23(3)19-31-33(36)21-26-15-11-17-29(26)34(31)24-12-8-7-9-13-24/h7-9,12-13,20,22-23,26,29,31,33-36H,6,10-11,14-19,21H2,1-5H3. The highest BCUT2D eigenvalue weighted by Crippen LogP contribution is 2.67. The number of rotatable bonds is 4. The van der Waals surface area contributed by atoms with Crippen LogP contribution < -0.4 is 0 Å². The van der Waals surface area contributed by atoms with E-state index in [0.29, 0.717) is 0 Å². The van der Waals surface area contributed by atoms with Crippen LogP contribution in [0.3, 0.4) is 0 Å². The minimum Gasteiger partial charge on any atom is -0.0687 e. The molecule has 0 spiro atoms. The number of benzene rings is 2. The van der Waals surface area contributed by atoms with Crippen LogP contribution in [0.25, 0.3) is 0 Å². The number of aryl methyl sites for hydroxylation is 1. The Balaban J connectivity index is 1.28. The Morgan fingerprint density at radius 3 is 2.43 bits per heavy atom. The summed E-state index contributed by atoms with van der Waals surface area (Å²) in [7, 11) is -1.57. The van der Waals surface area contributed by atoms with Crippen molar-refractivity contribution in [3.8, 4) is 0 Å². The largest absolute Gasteiger partial charge is 0.0687 e. The minimum absolute atomic E-state index is 0.827. The maximum absolute atomic E-state index is 2.86. The lowest BCUT2D eigenvalue weighted by molar-refractivity contribution is 0.121. The zero-order chi connectivity index (χ0) is 25.5. The molecule has 198 valence electrons. The predicted octanol–water partition coefficient (Wildman–Crippen LogP) is 9.51. The normalized spacial score (nSPS) is 38.4. The fraction of sp³-hybridized carbons (Fsp3) is 0.667. The summed E-state index contributed by atoms with van der Waals surface area (Å²) in [5.41, 5.74) is 12.5. The second kappa shape index (κ2) is 9.11. The summed E-state index contributed by atoms with van der Waals surface area (Å²) in [5.74, 6) is 6.41. The third-order valence-corrected chi connectivity index (χ3v) is 18.0. The molecule has 0 nitrogen and oxygen atoms in total. The van der Waals surface area contributed by atoms with Gasteiger partial charge >= 0.3 is 0 Å². The van der Waals surface area contributed by atoms with Gasteiger partial charge in [0.1, 0.15) is 0 Å². The average Bonchev–Trinajstić information content (AvgIpc) is 3.65. The Kier molecular flexibility index (Phi) is 6.07. The number of hydrogen-bond acceptors (Lipinski definition) is 0. The van der Waals surface area contributed by atoms with Gasteiger partial charge in [0, 0.05) is 0 Å². The summed E-state index contributed by atoms with van der Waals surface area (Å²) in [5, 5.41) is 0. The molecule has 1 heteroatoms. The van der Waals surface area contributed by atoms with Crippen molar-refractivity contribution in [2.75, 3.05) is 0 Å². The molecule has 0 amide bonds. The Morgan fingerprint density at radius 2 is 1.65 bits per heavy atom. The van der Waals surface area contributed by atoms with Gasteiger partial charge in [-0.3, -0.25) is 0 Å². The lowest BCUT2D eigenvalue weighted by Gasteiger charge is -2.49. The monoisotopic (exact) mass is 510 g/mol. The van der Waals surface area contributed by atoms with E-state index >= 15 is 0 Å². The van der Waals surface area contributed by atoms with E-state index in [1.807, 2.05) is 11.1 Å². The Morgan fingerprint density at radius 1 is 0.838 bits per heavy atom. The van der Waals surface area contributed by atoms with Crippen molar-refractivity contribution in [3.63, 3.8) is 0 Å². The van der Waals surface area contributed by atoms with E-state index < -0.39 is 8.07 Å². The van der Waals surface area contributed by atoms with Crippen molar-refractivity contribution < 1.29 is 0 Å². The molecule has 0 radical (unpaired) electrons. The lowest BCUT2D eigenvalue weighted by atomic mass is 9.62. The molecule has 3 fully saturated rings. The van der Waals surface area contributed by atoms with E-state index in [-0.39, 0.29) is 0 Å². The molecule has 5 aliphatic carbocycles. The first-order valence-electron chi connectivity index (χ1n) is 16.1. The van der Waals surface area contributed by atoms with Gasteiger partial charge in [-0.2, -0.15) is 0 Å². The van der Waals surface area contributed by atoms with Crippen LogP contribution in [0.5, 0.6) is 0 Å². The van der Waals surface area contributed by atoms with E-state index in [1.165, 1.54) is 57.8 Å². The minimum atomic E-state index is -1.57. The van der Waals surface area contributed by atoms with Gasteiger partial charge in [-0.25, -0.2) is 0 Å². The van der Waals surface area contributed by atoms with Gasteiger partial charge in [-0.15, -0.1) is 0 Å². The number of fused-ring (bicyclic) bond motifs is 4. The van der Waals surface area contributed by atoms with Crippen molar-refractivity contribution in [2.24, 2.45) is 35.5 Å². The quantitative estimate of drug-likeness (QED) is 0.359. The van der Waals surface area contributed by atoms with Crippen molar-refractivity contribution in [1.82, 2.24) is 0 Å². The van der Waals surface area contributed by atoms with E-state index in [0.717, 1.165) is 52.5 Å². The summed E-state index contributed by atoms with van der Waals surface area (Å²) in [4.78, 5) is 0. The fourth-order valence-electron chi connectivity index (χ4n) is 12.1. The number of hydrogen-bond donors (Lipinski definition) is 0. The molecule has 9 atom stereocenters. The second-order valence-electron chi connectivity index (χ2n) is 14.8. The van der Waals surface area contributed by atoms with E-state index in [2.05, 4.69) is 70.3 Å². The van der Waals surface area contributed by atoms with Crippen LogP contribution in [0.15, 0.2) is 36.4 Å². The molecule has 3 saturated carbocycles. The summed E-state index contributed by atoms with van der Waals surface area (Å²) in [6.07, 6.45) is 14.2. The molecule has 0 bridgehead atoms. The molecule has 2 aromatic carbocycles. The summed E-state index contributed by atoms with van der Waals surface area (Å²) >= 11 is 0. The SMILES string of the molecule is CCc1c2c(cc3c1CC(C)C3[Si](C)(C)C1C(C)CC3C1CC1CCCC1C3c1ccccc1)CCC2. The average molecular weight is 511 g/mol. The summed E-state index contributed by atoms with van der Waals surface area (Å²) in [6.45, 7) is 13.5. The van der Waals surface area contributed by atoms with Crippen LogP contribution in [-0.4, -0.2) is 8.07 Å². The van der Waals surface area contributed by atoms with Gasteiger partial charge in [0.25, 0.3) is 0 Å². The van der Waals surface area contributed by atoms with Gasteiger partial charge in [-0.1, -0.05) is 83.1 Å². The van der Waals surface area contributed by atoms with Crippen molar-refractivity contribution >= 4 is 8.07 Å². The van der Waals surface area contributed by atoms with Crippen molar-refractivity contribution in [3.05, 3.63) is 69.8 Å².